The zero-order valence-electron chi connectivity index (χ0n) is 10.2. The van der Waals surface area contributed by atoms with Crippen molar-refractivity contribution in [1.82, 2.24) is 0 Å². The van der Waals surface area contributed by atoms with E-state index in [0.29, 0.717) is 8.04 Å². The highest BCUT2D eigenvalue weighted by atomic mass is 127. The third-order valence-electron chi connectivity index (χ3n) is 2.52. The summed E-state index contributed by atoms with van der Waals surface area (Å²) in [5.74, 6) is -0.813. The molecule has 2 aromatic rings. The van der Waals surface area contributed by atoms with Crippen molar-refractivity contribution in [3.05, 3.63) is 60.1 Å². The van der Waals surface area contributed by atoms with E-state index in [2.05, 4.69) is 15.9 Å². The van der Waals surface area contributed by atoms with Gasteiger partial charge in [0.15, 0.2) is 0 Å². The minimum absolute atomic E-state index is 0.0369. The van der Waals surface area contributed by atoms with Crippen LogP contribution in [0.3, 0.4) is 0 Å². The lowest BCUT2D eigenvalue weighted by atomic mass is 10.2. The molecule has 0 atom stereocenters. The van der Waals surface area contributed by atoms with Gasteiger partial charge in [-0.15, -0.1) is 0 Å². The number of carbonyl (C=O) groups is 1. The average Bonchev–Trinajstić information content (AvgIpc) is 2.40. The van der Waals surface area contributed by atoms with E-state index in [1.54, 1.807) is 6.07 Å². The summed E-state index contributed by atoms with van der Waals surface area (Å²) in [6, 6.07) is 8.64. The number of carboxylic acids is 1. The predicted octanol–water partition coefficient (Wildman–Crippen LogP) is 4.45. The molecule has 0 saturated carbocycles. The molecule has 0 aliphatic heterocycles. The first-order chi connectivity index (χ1) is 9.88. The Kier molecular flexibility index (Phi) is 4.78. The van der Waals surface area contributed by atoms with E-state index in [1.807, 2.05) is 22.6 Å². The van der Waals surface area contributed by atoms with Crippen molar-refractivity contribution in [3.63, 3.8) is 0 Å². The summed E-state index contributed by atoms with van der Waals surface area (Å²) < 4.78 is 6.79. The van der Waals surface area contributed by atoms with Gasteiger partial charge >= 0.3 is 11.7 Å². The summed E-state index contributed by atoms with van der Waals surface area (Å²) in [5.41, 5.74) is -0.155. The standard InChI is InChI=1S/C13H7BrINO5/c14-8-2-4-10(16(19)20)12(6-8)21-11-5-7(13(17)18)1-3-9(11)15/h1-6H,(H,17,18). The summed E-state index contributed by atoms with van der Waals surface area (Å²) in [5, 5.41) is 20.0. The number of nitro groups is 1. The SMILES string of the molecule is O=C(O)c1ccc(I)c(Oc2cc(Br)ccc2[N+](=O)[O-])c1. The van der Waals surface area contributed by atoms with Gasteiger partial charge in [0, 0.05) is 16.6 Å². The van der Waals surface area contributed by atoms with Gasteiger partial charge in [-0.25, -0.2) is 4.79 Å². The van der Waals surface area contributed by atoms with Crippen LogP contribution < -0.4 is 4.74 Å². The first kappa shape index (κ1) is 15.7. The van der Waals surface area contributed by atoms with Crippen LogP contribution in [0.5, 0.6) is 11.5 Å². The van der Waals surface area contributed by atoms with Gasteiger partial charge in [0.2, 0.25) is 5.75 Å². The molecule has 0 radical (unpaired) electrons. The van der Waals surface area contributed by atoms with Crippen molar-refractivity contribution in [2.24, 2.45) is 0 Å². The van der Waals surface area contributed by atoms with Crippen molar-refractivity contribution >= 4 is 50.2 Å². The van der Waals surface area contributed by atoms with Crippen molar-refractivity contribution in [1.29, 1.82) is 0 Å². The Morgan fingerprint density at radius 3 is 2.57 bits per heavy atom. The van der Waals surface area contributed by atoms with Crippen LogP contribution in [0, 0.1) is 13.7 Å². The largest absolute Gasteiger partial charge is 0.478 e. The van der Waals surface area contributed by atoms with E-state index >= 15 is 0 Å². The van der Waals surface area contributed by atoms with E-state index in [-0.39, 0.29) is 22.7 Å². The van der Waals surface area contributed by atoms with Crippen molar-refractivity contribution < 1.29 is 19.6 Å². The minimum Gasteiger partial charge on any atom is -0.478 e. The fourth-order valence-electron chi connectivity index (χ4n) is 1.55. The summed E-state index contributed by atoms with van der Waals surface area (Å²) in [7, 11) is 0. The Balaban J connectivity index is 2.47. The molecule has 21 heavy (non-hydrogen) atoms. The Bertz CT molecular complexity index is 734. The Hall–Kier alpha value is -1.68. The number of benzene rings is 2. The van der Waals surface area contributed by atoms with Crippen molar-refractivity contribution in [2.75, 3.05) is 0 Å². The normalized spacial score (nSPS) is 10.2. The van der Waals surface area contributed by atoms with Gasteiger partial charge in [-0.3, -0.25) is 10.1 Å². The maximum atomic E-state index is 11.0. The number of hydrogen-bond donors (Lipinski definition) is 1. The monoisotopic (exact) mass is 463 g/mol. The van der Waals surface area contributed by atoms with Crippen LogP contribution in [0.2, 0.25) is 0 Å². The molecule has 2 rings (SSSR count). The molecule has 0 saturated heterocycles. The van der Waals surface area contributed by atoms with Gasteiger partial charge in [-0.1, -0.05) is 15.9 Å². The van der Waals surface area contributed by atoms with Crippen LogP contribution >= 0.6 is 38.5 Å². The number of carboxylic acid groups (broad SMARTS) is 1. The zero-order chi connectivity index (χ0) is 15.6. The quantitative estimate of drug-likeness (QED) is 0.411. The second-order valence-corrected chi connectivity index (χ2v) is 6.00. The second kappa shape index (κ2) is 6.39. The van der Waals surface area contributed by atoms with E-state index < -0.39 is 10.9 Å². The topological polar surface area (TPSA) is 89.7 Å². The Morgan fingerprint density at radius 2 is 1.95 bits per heavy atom. The molecule has 0 fully saturated rings. The van der Waals surface area contributed by atoms with Crippen LogP contribution in [-0.4, -0.2) is 16.0 Å². The highest BCUT2D eigenvalue weighted by Gasteiger charge is 2.18. The van der Waals surface area contributed by atoms with Crippen molar-refractivity contribution in [2.45, 2.75) is 0 Å². The lowest BCUT2D eigenvalue weighted by molar-refractivity contribution is -0.385. The fraction of sp³-hybridized carbons (Fsp3) is 0. The van der Waals surface area contributed by atoms with E-state index in [1.165, 1.54) is 30.3 Å². The highest BCUT2D eigenvalue weighted by Crippen LogP contribution is 2.35. The molecule has 6 nitrogen and oxygen atoms in total. The van der Waals surface area contributed by atoms with Crippen LogP contribution in [0.1, 0.15) is 10.4 Å². The molecular formula is C13H7BrINO5. The highest BCUT2D eigenvalue weighted by molar-refractivity contribution is 14.1. The Morgan fingerprint density at radius 1 is 1.24 bits per heavy atom. The molecule has 8 heteroatoms. The number of hydrogen-bond acceptors (Lipinski definition) is 4. The molecular weight excluding hydrogens is 457 g/mol. The predicted molar refractivity (Wildman–Crippen MR) is 87.0 cm³/mol. The fourth-order valence-corrected chi connectivity index (χ4v) is 2.34. The molecule has 0 spiro atoms. The molecule has 0 aromatic heterocycles. The van der Waals surface area contributed by atoms with Gasteiger partial charge in [-0.05, 0) is 46.9 Å². The number of rotatable bonds is 4. The van der Waals surface area contributed by atoms with Crippen molar-refractivity contribution in [3.8, 4) is 11.5 Å². The molecule has 108 valence electrons. The smallest absolute Gasteiger partial charge is 0.335 e. The van der Waals surface area contributed by atoms with Crippen LogP contribution in [0.15, 0.2) is 40.9 Å². The lowest BCUT2D eigenvalue weighted by Gasteiger charge is -2.09. The average molecular weight is 464 g/mol. The van der Waals surface area contributed by atoms with Crippen LogP contribution in [0.4, 0.5) is 5.69 Å². The first-order valence-corrected chi connectivity index (χ1v) is 7.40. The third kappa shape index (κ3) is 3.70. The first-order valence-electron chi connectivity index (χ1n) is 5.53. The zero-order valence-corrected chi connectivity index (χ0v) is 14.0. The molecule has 0 unspecified atom stereocenters. The number of nitrogens with zero attached hydrogens (tertiary/aromatic N) is 1. The van der Waals surface area contributed by atoms with E-state index in [0.717, 1.165) is 0 Å². The molecule has 0 aliphatic rings. The maximum Gasteiger partial charge on any atom is 0.335 e. The van der Waals surface area contributed by atoms with Gasteiger partial charge in [0.05, 0.1) is 14.1 Å². The Labute approximate surface area is 141 Å². The van der Waals surface area contributed by atoms with E-state index in [9.17, 15) is 14.9 Å². The number of halogens is 2. The summed E-state index contributed by atoms with van der Waals surface area (Å²) in [6.45, 7) is 0. The third-order valence-corrected chi connectivity index (χ3v) is 3.90. The van der Waals surface area contributed by atoms with Gasteiger partial charge in [0.1, 0.15) is 5.75 Å². The molecule has 0 heterocycles. The second-order valence-electron chi connectivity index (χ2n) is 3.92. The van der Waals surface area contributed by atoms with Gasteiger partial charge in [-0.2, -0.15) is 0 Å². The number of aromatic carboxylic acids is 1. The van der Waals surface area contributed by atoms with Crippen LogP contribution in [0.25, 0.3) is 0 Å². The molecule has 0 bridgehead atoms. The number of ether oxygens (including phenoxy) is 1. The minimum atomic E-state index is -1.10. The van der Waals surface area contributed by atoms with Gasteiger partial charge < -0.3 is 9.84 Å². The summed E-state index contributed by atoms with van der Waals surface area (Å²) in [6.07, 6.45) is 0. The summed E-state index contributed by atoms with van der Waals surface area (Å²) in [4.78, 5) is 21.4. The maximum absolute atomic E-state index is 11.0. The molecule has 2 aromatic carbocycles. The molecule has 1 N–H and O–H groups in total. The van der Waals surface area contributed by atoms with E-state index in [4.69, 9.17) is 9.84 Å². The number of nitro benzene ring substituents is 1. The summed E-state index contributed by atoms with van der Waals surface area (Å²) >= 11 is 5.18. The van der Waals surface area contributed by atoms with Gasteiger partial charge in [0.25, 0.3) is 0 Å². The lowest BCUT2D eigenvalue weighted by Crippen LogP contribution is -1.99. The molecule has 0 amide bonds. The molecule has 0 aliphatic carbocycles. The van der Waals surface area contributed by atoms with Crippen LogP contribution in [-0.2, 0) is 0 Å².